The molecule has 2 amide bonds. The summed E-state index contributed by atoms with van der Waals surface area (Å²) < 4.78 is 11.2. The van der Waals surface area contributed by atoms with Gasteiger partial charge in [-0.2, -0.15) is 0 Å². The molecule has 0 atom stereocenters. The van der Waals surface area contributed by atoms with Crippen LogP contribution in [0.3, 0.4) is 0 Å². The van der Waals surface area contributed by atoms with E-state index in [9.17, 15) is 9.59 Å². The molecule has 162 valence electrons. The third-order valence-corrected chi connectivity index (χ3v) is 8.60. The number of rotatable bonds is 3. The molecule has 0 spiro atoms. The average Bonchev–Trinajstić information content (AvgIpc) is 3.26. The summed E-state index contributed by atoms with van der Waals surface area (Å²) in [6.07, 6.45) is 6.81. The second kappa shape index (κ2) is 7.26. The van der Waals surface area contributed by atoms with Crippen LogP contribution in [0.4, 0.5) is 0 Å². The SMILES string of the molecule is O=C(NNC(=O)C12CC3CC(CC(C3)C1)C2)c1ccc(-c2ccc3c(c2)OCCO3)s1. The van der Waals surface area contributed by atoms with Gasteiger partial charge in [0.15, 0.2) is 11.5 Å². The Hall–Kier alpha value is -2.54. The zero-order valence-electron chi connectivity index (χ0n) is 17.3. The van der Waals surface area contributed by atoms with E-state index in [-0.39, 0.29) is 17.2 Å². The lowest BCUT2D eigenvalue weighted by Gasteiger charge is -2.55. The fourth-order valence-corrected chi connectivity index (χ4v) is 7.41. The van der Waals surface area contributed by atoms with Gasteiger partial charge in [-0.3, -0.25) is 20.4 Å². The molecule has 1 aromatic heterocycles. The summed E-state index contributed by atoms with van der Waals surface area (Å²) in [6, 6.07) is 9.52. The van der Waals surface area contributed by atoms with Gasteiger partial charge in [0.05, 0.1) is 10.3 Å². The molecule has 0 unspecified atom stereocenters. The number of thiophene rings is 1. The molecule has 0 saturated heterocycles. The maximum absolute atomic E-state index is 13.0. The van der Waals surface area contributed by atoms with E-state index in [0.717, 1.165) is 41.2 Å². The van der Waals surface area contributed by atoms with E-state index in [0.29, 0.717) is 35.8 Å². The van der Waals surface area contributed by atoms with Crippen LogP contribution >= 0.6 is 11.3 Å². The van der Waals surface area contributed by atoms with Crippen LogP contribution in [-0.4, -0.2) is 25.0 Å². The number of fused-ring (bicyclic) bond motifs is 1. The summed E-state index contributed by atoms with van der Waals surface area (Å²) in [7, 11) is 0. The Bertz CT molecular complexity index is 1010. The summed E-state index contributed by atoms with van der Waals surface area (Å²) in [5.74, 6) is 3.29. The fourth-order valence-electron chi connectivity index (χ4n) is 6.51. The maximum Gasteiger partial charge on any atom is 0.279 e. The van der Waals surface area contributed by atoms with E-state index < -0.39 is 0 Å². The van der Waals surface area contributed by atoms with Crippen LogP contribution in [-0.2, 0) is 4.79 Å². The number of amides is 2. The molecule has 0 radical (unpaired) electrons. The Morgan fingerprint density at radius 2 is 1.55 bits per heavy atom. The van der Waals surface area contributed by atoms with Crippen molar-refractivity contribution in [3.63, 3.8) is 0 Å². The van der Waals surface area contributed by atoms with E-state index in [1.165, 1.54) is 30.6 Å². The maximum atomic E-state index is 13.0. The standard InChI is InChI=1S/C24H26N2O4S/c27-22(25-26-23(28)24-11-14-7-15(12-24)9-16(8-14)13-24)21-4-3-20(31-21)17-1-2-18-19(10-17)30-6-5-29-18/h1-4,10,14-16H,5-9,11-13H2,(H,25,27)(H,26,28). The molecule has 4 fully saturated rings. The second-order valence-corrected chi connectivity index (χ2v) is 10.7. The highest BCUT2D eigenvalue weighted by molar-refractivity contribution is 7.17. The zero-order valence-corrected chi connectivity index (χ0v) is 18.1. The van der Waals surface area contributed by atoms with Crippen molar-refractivity contribution in [2.75, 3.05) is 13.2 Å². The topological polar surface area (TPSA) is 76.7 Å². The monoisotopic (exact) mass is 438 g/mol. The summed E-state index contributed by atoms with van der Waals surface area (Å²) in [4.78, 5) is 27.3. The van der Waals surface area contributed by atoms with Crippen molar-refractivity contribution in [1.82, 2.24) is 10.9 Å². The largest absolute Gasteiger partial charge is 0.486 e. The molecule has 2 N–H and O–H groups in total. The smallest absolute Gasteiger partial charge is 0.279 e. The van der Waals surface area contributed by atoms with Gasteiger partial charge in [-0.1, -0.05) is 0 Å². The van der Waals surface area contributed by atoms with E-state index in [1.807, 2.05) is 24.3 Å². The number of carbonyl (C=O) groups excluding carboxylic acids is 2. The highest BCUT2D eigenvalue weighted by Gasteiger charge is 2.54. The van der Waals surface area contributed by atoms with Crippen LogP contribution in [0, 0.1) is 23.2 Å². The van der Waals surface area contributed by atoms with E-state index >= 15 is 0 Å². The second-order valence-electron chi connectivity index (χ2n) is 9.63. The Balaban J connectivity index is 1.12. The van der Waals surface area contributed by atoms with Crippen molar-refractivity contribution in [1.29, 1.82) is 0 Å². The number of hydrazine groups is 1. The highest BCUT2D eigenvalue weighted by Crippen LogP contribution is 2.60. The minimum Gasteiger partial charge on any atom is -0.486 e. The number of nitrogens with one attached hydrogen (secondary N) is 2. The van der Waals surface area contributed by atoms with Crippen molar-refractivity contribution < 1.29 is 19.1 Å². The molecule has 7 rings (SSSR count). The van der Waals surface area contributed by atoms with Gasteiger partial charge in [0.2, 0.25) is 5.91 Å². The third kappa shape index (κ3) is 3.39. The lowest BCUT2D eigenvalue weighted by Crippen LogP contribution is -2.56. The molecule has 2 aromatic rings. The summed E-state index contributed by atoms with van der Waals surface area (Å²) in [6.45, 7) is 1.10. The van der Waals surface area contributed by atoms with Crippen LogP contribution in [0.15, 0.2) is 30.3 Å². The first kappa shape index (κ1) is 19.2. The Morgan fingerprint density at radius 1 is 0.871 bits per heavy atom. The molecule has 4 aliphatic carbocycles. The Labute approximate surface area is 185 Å². The molecule has 31 heavy (non-hydrogen) atoms. The Kier molecular flexibility index (Phi) is 4.49. The van der Waals surface area contributed by atoms with Crippen molar-refractivity contribution in [2.24, 2.45) is 23.2 Å². The van der Waals surface area contributed by atoms with Crippen molar-refractivity contribution in [3.8, 4) is 21.9 Å². The van der Waals surface area contributed by atoms with E-state index in [4.69, 9.17) is 9.47 Å². The molecule has 1 aliphatic heterocycles. The minimum absolute atomic E-state index is 0.00330. The Morgan fingerprint density at radius 3 is 2.26 bits per heavy atom. The lowest BCUT2D eigenvalue weighted by atomic mass is 9.49. The number of ether oxygens (including phenoxy) is 2. The molecule has 4 bridgehead atoms. The van der Waals surface area contributed by atoms with Crippen LogP contribution in [0.1, 0.15) is 48.2 Å². The first-order valence-electron chi connectivity index (χ1n) is 11.2. The van der Waals surface area contributed by atoms with Crippen LogP contribution < -0.4 is 20.3 Å². The van der Waals surface area contributed by atoms with Gasteiger partial charge in [-0.15, -0.1) is 11.3 Å². The molecule has 4 saturated carbocycles. The molecular weight excluding hydrogens is 412 g/mol. The average molecular weight is 439 g/mol. The lowest BCUT2D eigenvalue weighted by molar-refractivity contribution is -0.147. The highest BCUT2D eigenvalue weighted by atomic mass is 32.1. The van der Waals surface area contributed by atoms with Gasteiger partial charge in [-0.05, 0) is 92.2 Å². The van der Waals surface area contributed by atoms with Gasteiger partial charge < -0.3 is 9.47 Å². The molecule has 7 heteroatoms. The first-order valence-corrected chi connectivity index (χ1v) is 12.0. The number of hydrogen-bond acceptors (Lipinski definition) is 5. The number of carbonyl (C=O) groups is 2. The van der Waals surface area contributed by atoms with Crippen LogP contribution in [0.5, 0.6) is 11.5 Å². The molecular formula is C24H26N2O4S. The van der Waals surface area contributed by atoms with Gasteiger partial charge in [0.1, 0.15) is 13.2 Å². The summed E-state index contributed by atoms with van der Waals surface area (Å²) >= 11 is 1.40. The first-order chi connectivity index (χ1) is 15.1. The van der Waals surface area contributed by atoms with Crippen LogP contribution in [0.2, 0.25) is 0 Å². The predicted molar refractivity (Wildman–Crippen MR) is 117 cm³/mol. The van der Waals surface area contributed by atoms with Gasteiger partial charge in [-0.25, -0.2) is 0 Å². The minimum atomic E-state index is -0.271. The molecule has 6 nitrogen and oxygen atoms in total. The van der Waals surface area contributed by atoms with Crippen molar-refractivity contribution in [2.45, 2.75) is 38.5 Å². The normalized spacial score (nSPS) is 30.1. The van der Waals surface area contributed by atoms with Crippen molar-refractivity contribution >= 4 is 23.2 Å². The quantitative estimate of drug-likeness (QED) is 0.706. The molecule has 2 heterocycles. The van der Waals surface area contributed by atoms with E-state index in [1.54, 1.807) is 6.07 Å². The van der Waals surface area contributed by atoms with Gasteiger partial charge in [0, 0.05) is 4.88 Å². The zero-order chi connectivity index (χ0) is 21.0. The van der Waals surface area contributed by atoms with Crippen molar-refractivity contribution in [3.05, 3.63) is 35.2 Å². The number of hydrogen-bond donors (Lipinski definition) is 2. The summed E-state index contributed by atoms with van der Waals surface area (Å²) in [5, 5.41) is 0. The summed E-state index contributed by atoms with van der Waals surface area (Å²) in [5.41, 5.74) is 6.13. The predicted octanol–water partition coefficient (Wildman–Crippen LogP) is 4.16. The van der Waals surface area contributed by atoms with Crippen LogP contribution in [0.25, 0.3) is 10.4 Å². The fraction of sp³-hybridized carbons (Fsp3) is 0.500. The molecule has 5 aliphatic rings. The van der Waals surface area contributed by atoms with E-state index in [2.05, 4.69) is 10.9 Å². The number of benzene rings is 1. The van der Waals surface area contributed by atoms with Gasteiger partial charge in [0.25, 0.3) is 5.91 Å². The molecule has 1 aromatic carbocycles. The third-order valence-electron chi connectivity index (χ3n) is 7.47. The van der Waals surface area contributed by atoms with Gasteiger partial charge >= 0.3 is 0 Å².